The van der Waals surface area contributed by atoms with Crippen LogP contribution in [0.5, 0.6) is 0 Å². The van der Waals surface area contributed by atoms with Crippen molar-refractivity contribution in [2.45, 2.75) is 6.42 Å². The van der Waals surface area contributed by atoms with Crippen LogP contribution in [0.1, 0.15) is 16.7 Å². The Morgan fingerprint density at radius 2 is 1.61 bits per heavy atom. The van der Waals surface area contributed by atoms with Crippen LogP contribution < -0.4 is 5.32 Å². The van der Waals surface area contributed by atoms with Crippen molar-refractivity contribution in [2.24, 2.45) is 4.99 Å². The Hall–Kier alpha value is -4.19. The maximum atomic E-state index is 12.8. The molecule has 0 aliphatic heterocycles. The third-order valence-electron chi connectivity index (χ3n) is 4.90. The number of carbonyl (C=O) groups excluding carboxylic acids is 1. The van der Waals surface area contributed by atoms with Gasteiger partial charge >= 0.3 is 5.97 Å². The number of aromatic amines is 1. The van der Waals surface area contributed by atoms with E-state index in [9.17, 15) is 9.59 Å². The predicted molar refractivity (Wildman–Crippen MR) is 122 cm³/mol. The van der Waals surface area contributed by atoms with Crippen LogP contribution in [-0.2, 0) is 16.0 Å². The molecule has 1 aromatic heterocycles. The number of benzene rings is 3. The van der Waals surface area contributed by atoms with E-state index in [2.05, 4.69) is 15.3 Å². The summed E-state index contributed by atoms with van der Waals surface area (Å²) in [6.07, 6.45) is 2.06. The van der Waals surface area contributed by atoms with E-state index in [1.807, 2.05) is 79.0 Å². The monoisotopic (exact) mass is 411 g/mol. The summed E-state index contributed by atoms with van der Waals surface area (Å²) in [5.41, 5.74) is 4.45. The molecular formula is C25H21N3O3. The van der Waals surface area contributed by atoms with Crippen LogP contribution in [0, 0.1) is 0 Å². The second-order valence-electron chi connectivity index (χ2n) is 7.05. The van der Waals surface area contributed by atoms with E-state index >= 15 is 0 Å². The van der Waals surface area contributed by atoms with Crippen LogP contribution in [0.2, 0.25) is 0 Å². The molecule has 31 heavy (non-hydrogen) atoms. The summed E-state index contributed by atoms with van der Waals surface area (Å²) >= 11 is 0. The molecule has 0 spiro atoms. The number of aliphatic imine (C=N–C) groups is 1. The number of amides is 1. The number of nitrogens with zero attached hydrogens (tertiary/aromatic N) is 1. The highest BCUT2D eigenvalue weighted by Gasteiger charge is 2.15. The van der Waals surface area contributed by atoms with Crippen molar-refractivity contribution < 1.29 is 14.7 Å². The molecule has 1 amide bonds. The number of H-pyrrole nitrogens is 1. The van der Waals surface area contributed by atoms with Crippen molar-refractivity contribution in [1.82, 2.24) is 4.98 Å². The van der Waals surface area contributed by atoms with Crippen LogP contribution in [0.15, 0.2) is 90.1 Å². The minimum Gasteiger partial charge on any atom is -0.480 e. The van der Waals surface area contributed by atoms with Gasteiger partial charge in [-0.05, 0) is 17.7 Å². The van der Waals surface area contributed by atoms with Crippen LogP contribution in [0.4, 0.5) is 5.69 Å². The summed E-state index contributed by atoms with van der Waals surface area (Å²) < 4.78 is 0. The Labute approximate surface area is 179 Å². The number of anilines is 1. The molecule has 3 N–H and O–H groups in total. The van der Waals surface area contributed by atoms with Crippen LogP contribution >= 0.6 is 0 Å². The number of nitrogens with one attached hydrogen (secondary N) is 2. The van der Waals surface area contributed by atoms with Gasteiger partial charge in [0.05, 0.1) is 17.8 Å². The van der Waals surface area contributed by atoms with Gasteiger partial charge in [0.2, 0.25) is 5.91 Å². The molecule has 0 saturated carbocycles. The Balaban J connectivity index is 1.63. The maximum absolute atomic E-state index is 12.8. The zero-order chi connectivity index (χ0) is 21.6. The number of aliphatic carboxylic acids is 1. The zero-order valence-corrected chi connectivity index (χ0v) is 16.7. The highest BCUT2D eigenvalue weighted by Crippen LogP contribution is 2.22. The Morgan fingerprint density at radius 1 is 0.903 bits per heavy atom. The maximum Gasteiger partial charge on any atom is 0.325 e. The molecule has 0 fully saturated rings. The molecule has 0 radical (unpaired) electrons. The Morgan fingerprint density at radius 3 is 2.42 bits per heavy atom. The number of para-hydroxylation sites is 2. The van der Waals surface area contributed by atoms with Gasteiger partial charge < -0.3 is 15.4 Å². The quantitative estimate of drug-likeness (QED) is 0.396. The van der Waals surface area contributed by atoms with Gasteiger partial charge in [0.1, 0.15) is 6.54 Å². The predicted octanol–water partition coefficient (Wildman–Crippen LogP) is 4.27. The topological polar surface area (TPSA) is 94.5 Å². The second-order valence-corrected chi connectivity index (χ2v) is 7.05. The number of carboxylic acids is 1. The molecule has 3 aromatic carbocycles. The molecule has 0 aliphatic rings. The van der Waals surface area contributed by atoms with E-state index in [0.717, 1.165) is 22.0 Å². The zero-order valence-electron chi connectivity index (χ0n) is 16.7. The second kappa shape index (κ2) is 9.09. The minimum absolute atomic E-state index is 0.164. The third kappa shape index (κ3) is 4.70. The standard InChI is InChI=1S/C25H21N3O3/c29-23(14-18-15-26-21-12-6-4-10-19(18)21)28-22-13-7-5-11-20(22)25(27-16-24(30)31)17-8-2-1-3-9-17/h1-13,15,26H,14,16H2,(H,28,29)(H,30,31). The van der Waals surface area contributed by atoms with Crippen LogP contribution in [0.3, 0.4) is 0 Å². The largest absolute Gasteiger partial charge is 0.480 e. The van der Waals surface area contributed by atoms with E-state index in [-0.39, 0.29) is 18.9 Å². The number of carbonyl (C=O) groups is 2. The molecule has 0 saturated heterocycles. The fourth-order valence-corrected chi connectivity index (χ4v) is 3.52. The number of carboxylic acid groups (broad SMARTS) is 1. The first-order valence-electron chi connectivity index (χ1n) is 9.88. The minimum atomic E-state index is -1.02. The molecule has 154 valence electrons. The molecule has 6 nitrogen and oxygen atoms in total. The summed E-state index contributed by atoms with van der Waals surface area (Å²) in [5.74, 6) is -1.18. The first-order chi connectivity index (χ1) is 15.1. The first kappa shape index (κ1) is 20.1. The summed E-state index contributed by atoms with van der Waals surface area (Å²) in [6.45, 7) is -0.359. The summed E-state index contributed by atoms with van der Waals surface area (Å²) in [7, 11) is 0. The van der Waals surface area contributed by atoms with Crippen LogP contribution in [-0.4, -0.2) is 34.2 Å². The molecule has 4 aromatic rings. The highest BCUT2D eigenvalue weighted by molar-refractivity contribution is 6.17. The lowest BCUT2D eigenvalue weighted by Gasteiger charge is -2.14. The Bertz CT molecular complexity index is 1260. The van der Waals surface area contributed by atoms with Crippen molar-refractivity contribution in [3.05, 3.63) is 102 Å². The normalized spacial score (nSPS) is 11.4. The van der Waals surface area contributed by atoms with Gasteiger partial charge in [-0.15, -0.1) is 0 Å². The van der Waals surface area contributed by atoms with Crippen molar-refractivity contribution in [1.29, 1.82) is 0 Å². The van der Waals surface area contributed by atoms with E-state index in [0.29, 0.717) is 17.0 Å². The van der Waals surface area contributed by atoms with Gasteiger partial charge in [0, 0.05) is 28.2 Å². The first-order valence-corrected chi connectivity index (χ1v) is 9.88. The van der Waals surface area contributed by atoms with Crippen molar-refractivity contribution in [3.8, 4) is 0 Å². The van der Waals surface area contributed by atoms with Crippen molar-refractivity contribution in [3.63, 3.8) is 0 Å². The molecule has 0 unspecified atom stereocenters. The highest BCUT2D eigenvalue weighted by atomic mass is 16.4. The lowest BCUT2D eigenvalue weighted by molar-refractivity contribution is -0.135. The number of aromatic nitrogens is 1. The van der Waals surface area contributed by atoms with Crippen molar-refractivity contribution in [2.75, 3.05) is 11.9 Å². The van der Waals surface area contributed by atoms with Crippen molar-refractivity contribution >= 4 is 34.2 Å². The van der Waals surface area contributed by atoms with Gasteiger partial charge in [-0.2, -0.15) is 0 Å². The SMILES string of the molecule is O=C(O)CN=C(c1ccccc1)c1ccccc1NC(=O)Cc1c[nH]c2ccccc12. The summed E-state index contributed by atoms with van der Waals surface area (Å²) in [6, 6.07) is 24.5. The molecule has 4 rings (SSSR count). The average Bonchev–Trinajstić information content (AvgIpc) is 3.18. The van der Waals surface area contributed by atoms with Gasteiger partial charge in [0.25, 0.3) is 0 Å². The molecule has 0 bridgehead atoms. The van der Waals surface area contributed by atoms with Gasteiger partial charge in [-0.3, -0.25) is 14.6 Å². The summed E-state index contributed by atoms with van der Waals surface area (Å²) in [4.78, 5) is 31.5. The number of rotatable bonds is 7. The Kier molecular flexibility index (Phi) is 5.89. The van der Waals surface area contributed by atoms with E-state index in [1.165, 1.54) is 0 Å². The number of fused-ring (bicyclic) bond motifs is 1. The third-order valence-corrected chi connectivity index (χ3v) is 4.90. The fourth-order valence-electron chi connectivity index (χ4n) is 3.52. The molecule has 0 aliphatic carbocycles. The van der Waals surface area contributed by atoms with Gasteiger partial charge in [-0.1, -0.05) is 66.7 Å². The summed E-state index contributed by atoms with van der Waals surface area (Å²) in [5, 5.41) is 13.1. The molecular weight excluding hydrogens is 390 g/mol. The molecule has 0 atom stereocenters. The molecule has 6 heteroatoms. The van der Waals surface area contributed by atoms with Crippen LogP contribution in [0.25, 0.3) is 10.9 Å². The van der Waals surface area contributed by atoms with E-state index < -0.39 is 5.97 Å². The number of hydrogen-bond acceptors (Lipinski definition) is 3. The lowest BCUT2D eigenvalue weighted by atomic mass is 10.00. The lowest BCUT2D eigenvalue weighted by Crippen LogP contribution is -2.18. The molecule has 1 heterocycles. The van der Waals surface area contributed by atoms with E-state index in [1.54, 1.807) is 6.07 Å². The van der Waals surface area contributed by atoms with Gasteiger partial charge in [-0.25, -0.2) is 0 Å². The van der Waals surface area contributed by atoms with Gasteiger partial charge in [0.15, 0.2) is 0 Å². The average molecular weight is 411 g/mol. The fraction of sp³-hybridized carbons (Fsp3) is 0.0800. The smallest absolute Gasteiger partial charge is 0.325 e. The number of hydrogen-bond donors (Lipinski definition) is 3. The van der Waals surface area contributed by atoms with E-state index in [4.69, 9.17) is 5.11 Å².